The number of hydrogen-bond acceptors (Lipinski definition) is 4. The van der Waals surface area contributed by atoms with Gasteiger partial charge in [-0.1, -0.05) is 6.07 Å². The Balaban J connectivity index is 0.000000325. The predicted molar refractivity (Wildman–Crippen MR) is 65.0 cm³/mol. The fourth-order valence-electron chi connectivity index (χ4n) is 0.984. The third-order valence-electron chi connectivity index (χ3n) is 1.57. The average Bonchev–Trinajstić information content (AvgIpc) is 2.16. The molecule has 0 saturated heterocycles. The van der Waals surface area contributed by atoms with Crippen molar-refractivity contribution in [1.29, 1.82) is 0 Å². The molecule has 0 aromatic heterocycles. The first kappa shape index (κ1) is 15.0. The lowest BCUT2D eigenvalue weighted by molar-refractivity contribution is -0.139. The fraction of sp³-hybridized carbons (Fsp3) is 0.333. The second-order valence-corrected chi connectivity index (χ2v) is 3.28. The van der Waals surface area contributed by atoms with Gasteiger partial charge >= 0.3 is 5.97 Å². The van der Waals surface area contributed by atoms with Gasteiger partial charge in [0.15, 0.2) is 0 Å². The molecule has 5 heteroatoms. The zero-order valence-electron chi connectivity index (χ0n) is 9.97. The number of carboxylic acid groups (broad SMARTS) is 1. The third-order valence-corrected chi connectivity index (χ3v) is 1.57. The van der Waals surface area contributed by atoms with E-state index in [1.807, 2.05) is 31.2 Å². The van der Waals surface area contributed by atoms with E-state index in [1.54, 1.807) is 0 Å². The van der Waals surface area contributed by atoms with Crippen LogP contribution in [-0.2, 0) is 9.59 Å². The molecule has 94 valence electrons. The van der Waals surface area contributed by atoms with Crippen LogP contribution < -0.4 is 10.5 Å². The number of nitrogen functional groups attached to an aromatic ring is 1. The lowest BCUT2D eigenvalue weighted by atomic mass is 10.3. The van der Waals surface area contributed by atoms with Gasteiger partial charge in [-0.05, 0) is 26.0 Å². The van der Waals surface area contributed by atoms with E-state index in [1.165, 1.54) is 6.92 Å². The lowest BCUT2D eigenvalue weighted by Crippen LogP contribution is -2.00. The standard InChI is InChI=1S/C8H11NO.C4H6O3/c1-2-10-8-5-3-4-7(9)6-8;1-3(5)2-4(6)7/h3-6H,2,9H2,1H3;2H2,1H3,(H,6,7). The Morgan fingerprint density at radius 2 is 2.06 bits per heavy atom. The maximum Gasteiger partial charge on any atom is 0.310 e. The van der Waals surface area contributed by atoms with E-state index >= 15 is 0 Å². The number of benzene rings is 1. The number of carbonyl (C=O) groups is 2. The van der Waals surface area contributed by atoms with Gasteiger partial charge in [0, 0.05) is 11.8 Å². The van der Waals surface area contributed by atoms with E-state index in [0.717, 1.165) is 11.4 Å². The summed E-state index contributed by atoms with van der Waals surface area (Å²) in [4.78, 5) is 19.5. The van der Waals surface area contributed by atoms with E-state index < -0.39 is 5.97 Å². The van der Waals surface area contributed by atoms with Crippen LogP contribution >= 0.6 is 0 Å². The molecule has 5 nitrogen and oxygen atoms in total. The van der Waals surface area contributed by atoms with Gasteiger partial charge in [0.05, 0.1) is 6.61 Å². The Morgan fingerprint density at radius 1 is 1.41 bits per heavy atom. The molecule has 0 aliphatic heterocycles. The van der Waals surface area contributed by atoms with E-state index in [0.29, 0.717) is 6.61 Å². The second-order valence-electron chi connectivity index (χ2n) is 3.28. The number of aliphatic carboxylic acids is 1. The van der Waals surface area contributed by atoms with Crippen LogP contribution in [0.15, 0.2) is 24.3 Å². The smallest absolute Gasteiger partial charge is 0.310 e. The molecule has 0 amide bonds. The molecule has 0 aliphatic rings. The molecule has 0 aliphatic carbocycles. The number of anilines is 1. The van der Waals surface area contributed by atoms with Crippen molar-refractivity contribution in [3.63, 3.8) is 0 Å². The SMILES string of the molecule is CC(=O)CC(=O)O.CCOc1cccc(N)c1. The summed E-state index contributed by atoms with van der Waals surface area (Å²) in [5.41, 5.74) is 6.25. The minimum Gasteiger partial charge on any atom is -0.494 e. The maximum atomic E-state index is 9.87. The van der Waals surface area contributed by atoms with Crippen LogP contribution in [0.1, 0.15) is 20.3 Å². The average molecular weight is 239 g/mol. The van der Waals surface area contributed by atoms with Crippen LogP contribution in [0, 0.1) is 0 Å². The summed E-state index contributed by atoms with van der Waals surface area (Å²) < 4.78 is 5.21. The van der Waals surface area contributed by atoms with Gasteiger partial charge in [0.25, 0.3) is 0 Å². The van der Waals surface area contributed by atoms with Crippen molar-refractivity contribution in [2.45, 2.75) is 20.3 Å². The van der Waals surface area contributed by atoms with E-state index in [4.69, 9.17) is 15.6 Å². The molecular weight excluding hydrogens is 222 g/mol. The molecular formula is C12H17NO4. The van der Waals surface area contributed by atoms with Crippen LogP contribution in [0.2, 0.25) is 0 Å². The molecule has 1 aromatic carbocycles. The summed E-state index contributed by atoms with van der Waals surface area (Å²) in [7, 11) is 0. The Bertz CT molecular complexity index is 365. The first-order valence-electron chi connectivity index (χ1n) is 5.15. The summed E-state index contributed by atoms with van der Waals surface area (Å²) in [6, 6.07) is 7.41. The summed E-state index contributed by atoms with van der Waals surface area (Å²) in [6.07, 6.45) is -0.361. The van der Waals surface area contributed by atoms with Gasteiger partial charge < -0.3 is 15.6 Å². The largest absolute Gasteiger partial charge is 0.494 e. The van der Waals surface area contributed by atoms with Gasteiger partial charge in [0.2, 0.25) is 0 Å². The normalized spacial score (nSPS) is 8.82. The van der Waals surface area contributed by atoms with E-state index in [2.05, 4.69) is 0 Å². The Hall–Kier alpha value is -2.04. The molecule has 1 aromatic rings. The molecule has 0 saturated carbocycles. The summed E-state index contributed by atoms with van der Waals surface area (Å²) in [6.45, 7) is 3.88. The molecule has 0 fully saturated rings. The van der Waals surface area contributed by atoms with Crippen LogP contribution in [0.4, 0.5) is 5.69 Å². The van der Waals surface area contributed by atoms with E-state index in [9.17, 15) is 9.59 Å². The highest BCUT2D eigenvalue weighted by Crippen LogP contribution is 2.13. The zero-order chi connectivity index (χ0) is 13.3. The topological polar surface area (TPSA) is 89.6 Å². The second kappa shape index (κ2) is 8.15. The monoisotopic (exact) mass is 239 g/mol. The van der Waals surface area contributed by atoms with Crippen molar-refractivity contribution >= 4 is 17.4 Å². The minimum atomic E-state index is -1.06. The van der Waals surface area contributed by atoms with Gasteiger partial charge in [-0.25, -0.2) is 0 Å². The predicted octanol–water partition coefficient (Wildman–Crippen LogP) is 1.72. The number of rotatable bonds is 4. The van der Waals surface area contributed by atoms with Gasteiger partial charge in [-0.2, -0.15) is 0 Å². The Kier molecular flexibility index (Phi) is 7.17. The molecule has 3 N–H and O–H groups in total. The molecule has 0 bridgehead atoms. The van der Waals surface area contributed by atoms with Crippen LogP contribution in [-0.4, -0.2) is 23.5 Å². The molecule has 0 radical (unpaired) electrons. The van der Waals surface area contributed by atoms with Crippen molar-refractivity contribution in [1.82, 2.24) is 0 Å². The highest BCUT2D eigenvalue weighted by Gasteiger charge is 1.98. The zero-order valence-corrected chi connectivity index (χ0v) is 9.97. The molecule has 0 spiro atoms. The van der Waals surface area contributed by atoms with Crippen molar-refractivity contribution in [2.75, 3.05) is 12.3 Å². The lowest BCUT2D eigenvalue weighted by Gasteiger charge is -2.01. The summed E-state index contributed by atoms with van der Waals surface area (Å²) >= 11 is 0. The first-order valence-corrected chi connectivity index (χ1v) is 5.15. The van der Waals surface area contributed by atoms with Crippen molar-refractivity contribution in [3.8, 4) is 5.75 Å². The van der Waals surface area contributed by atoms with Gasteiger partial charge in [-0.15, -0.1) is 0 Å². The van der Waals surface area contributed by atoms with Crippen molar-refractivity contribution in [2.24, 2.45) is 0 Å². The molecule has 0 unspecified atom stereocenters. The molecule has 1 rings (SSSR count). The number of carbonyl (C=O) groups excluding carboxylic acids is 1. The molecule has 17 heavy (non-hydrogen) atoms. The first-order chi connectivity index (χ1) is 7.95. The highest BCUT2D eigenvalue weighted by molar-refractivity contribution is 5.93. The molecule has 0 atom stereocenters. The molecule has 0 heterocycles. The minimum absolute atomic E-state index is 0.312. The summed E-state index contributed by atoms with van der Waals surface area (Å²) in [5, 5.41) is 7.86. The third kappa shape index (κ3) is 8.92. The highest BCUT2D eigenvalue weighted by atomic mass is 16.5. The number of ketones is 1. The number of Topliss-reactive ketones (excluding diaryl/α,β-unsaturated/α-hetero) is 1. The number of nitrogens with two attached hydrogens (primary N) is 1. The van der Waals surface area contributed by atoms with Crippen LogP contribution in [0.3, 0.4) is 0 Å². The summed E-state index contributed by atoms with van der Waals surface area (Å²) in [5.74, 6) is -0.539. The van der Waals surface area contributed by atoms with Crippen molar-refractivity contribution in [3.05, 3.63) is 24.3 Å². The van der Waals surface area contributed by atoms with E-state index in [-0.39, 0.29) is 12.2 Å². The van der Waals surface area contributed by atoms with Crippen LogP contribution in [0.25, 0.3) is 0 Å². The van der Waals surface area contributed by atoms with Gasteiger partial charge in [0.1, 0.15) is 18.0 Å². The Morgan fingerprint density at radius 3 is 2.41 bits per heavy atom. The van der Waals surface area contributed by atoms with Gasteiger partial charge in [-0.3, -0.25) is 9.59 Å². The van der Waals surface area contributed by atoms with Crippen LogP contribution in [0.5, 0.6) is 5.75 Å². The quantitative estimate of drug-likeness (QED) is 0.616. The number of hydrogen-bond donors (Lipinski definition) is 2. The fourth-order valence-corrected chi connectivity index (χ4v) is 0.984. The Labute approximate surface area is 100 Å². The number of ether oxygens (including phenoxy) is 1. The number of carboxylic acids is 1. The van der Waals surface area contributed by atoms with Crippen molar-refractivity contribution < 1.29 is 19.4 Å². The maximum absolute atomic E-state index is 9.87.